The fourth-order valence-corrected chi connectivity index (χ4v) is 4.67. The Kier molecular flexibility index (Phi) is 5.08. The van der Waals surface area contributed by atoms with Crippen LogP contribution in [0.4, 0.5) is 5.69 Å². The lowest BCUT2D eigenvalue weighted by Crippen LogP contribution is -2.47. The first-order valence-corrected chi connectivity index (χ1v) is 9.52. The van der Waals surface area contributed by atoms with E-state index in [2.05, 4.69) is 0 Å². The normalized spacial score (nSPS) is 16.2. The highest BCUT2D eigenvalue weighted by Gasteiger charge is 2.36. The van der Waals surface area contributed by atoms with Gasteiger partial charge in [-0.1, -0.05) is 23.7 Å². The summed E-state index contributed by atoms with van der Waals surface area (Å²) in [5.41, 5.74) is 1.10. The number of hydrogen-bond donors (Lipinski definition) is 1. The number of halogens is 1. The van der Waals surface area contributed by atoms with Crippen LogP contribution in [0.5, 0.6) is 5.75 Å². The van der Waals surface area contributed by atoms with Crippen molar-refractivity contribution in [1.82, 2.24) is 4.31 Å². The molecule has 0 unspecified atom stereocenters. The maximum Gasteiger partial charge on any atom is 0.323 e. The van der Waals surface area contributed by atoms with E-state index in [1.54, 1.807) is 37.4 Å². The Hall–Kier alpha value is -2.29. The average Bonchev–Trinajstić information content (AvgIpc) is 2.59. The standard InChI is InChI=1S/C17H17ClN2O5S/c1-25-14-5-2-12(3-6-14)9-20-11-19(10-17(21)22)15-7-4-13(18)8-16(15)26(20,23)24/h2-8H,9-11H2,1H3,(H,21,22). The smallest absolute Gasteiger partial charge is 0.323 e. The zero-order valence-electron chi connectivity index (χ0n) is 13.9. The van der Waals surface area contributed by atoms with E-state index in [4.69, 9.17) is 21.4 Å². The molecule has 0 aliphatic carbocycles. The summed E-state index contributed by atoms with van der Waals surface area (Å²) in [4.78, 5) is 12.7. The molecule has 1 aliphatic heterocycles. The number of nitrogens with zero attached hydrogens (tertiary/aromatic N) is 2. The molecule has 0 spiro atoms. The Bertz CT molecular complexity index is 931. The molecule has 9 heteroatoms. The van der Waals surface area contributed by atoms with Crippen molar-refractivity contribution in [3.63, 3.8) is 0 Å². The van der Waals surface area contributed by atoms with Gasteiger partial charge in [0.05, 0.1) is 19.5 Å². The SMILES string of the molecule is COc1ccc(CN2CN(CC(=O)O)c3ccc(Cl)cc3S2(=O)=O)cc1. The fourth-order valence-electron chi connectivity index (χ4n) is 2.81. The lowest BCUT2D eigenvalue weighted by atomic mass is 10.2. The first kappa shape index (κ1) is 18.5. The maximum atomic E-state index is 13.0. The molecular formula is C17H17ClN2O5S. The summed E-state index contributed by atoms with van der Waals surface area (Å²) in [5, 5.41) is 9.43. The van der Waals surface area contributed by atoms with Gasteiger partial charge in [-0.3, -0.25) is 4.79 Å². The van der Waals surface area contributed by atoms with Crippen LogP contribution >= 0.6 is 11.6 Å². The second kappa shape index (κ2) is 7.14. The number of carboxylic acids is 1. The van der Waals surface area contributed by atoms with Crippen molar-refractivity contribution in [2.45, 2.75) is 11.4 Å². The van der Waals surface area contributed by atoms with Gasteiger partial charge < -0.3 is 14.7 Å². The molecule has 0 atom stereocenters. The molecule has 0 aromatic heterocycles. The van der Waals surface area contributed by atoms with Crippen molar-refractivity contribution >= 4 is 33.3 Å². The highest BCUT2D eigenvalue weighted by molar-refractivity contribution is 7.89. The summed E-state index contributed by atoms with van der Waals surface area (Å²) in [7, 11) is -2.25. The van der Waals surface area contributed by atoms with Gasteiger partial charge in [0, 0.05) is 11.6 Å². The summed E-state index contributed by atoms with van der Waals surface area (Å²) < 4.78 is 32.3. The first-order chi connectivity index (χ1) is 12.3. The number of carboxylic acid groups (broad SMARTS) is 1. The molecule has 2 aromatic rings. The quantitative estimate of drug-likeness (QED) is 0.835. The van der Waals surface area contributed by atoms with E-state index in [1.165, 1.54) is 21.3 Å². The molecule has 2 aromatic carbocycles. The van der Waals surface area contributed by atoms with E-state index in [1.807, 2.05) is 0 Å². The molecule has 7 nitrogen and oxygen atoms in total. The number of benzene rings is 2. The Morgan fingerprint density at radius 1 is 1.23 bits per heavy atom. The zero-order valence-corrected chi connectivity index (χ0v) is 15.5. The van der Waals surface area contributed by atoms with Crippen LogP contribution in [0.3, 0.4) is 0 Å². The van der Waals surface area contributed by atoms with E-state index in [9.17, 15) is 13.2 Å². The van der Waals surface area contributed by atoms with Crippen LogP contribution in [-0.4, -0.2) is 44.1 Å². The van der Waals surface area contributed by atoms with Crippen LogP contribution in [0.2, 0.25) is 5.02 Å². The summed E-state index contributed by atoms with van der Waals surface area (Å²) in [6.07, 6.45) is 0. The molecule has 0 amide bonds. The van der Waals surface area contributed by atoms with Gasteiger partial charge in [0.25, 0.3) is 0 Å². The predicted molar refractivity (Wildman–Crippen MR) is 97.0 cm³/mol. The second-order valence-electron chi connectivity index (χ2n) is 5.81. The third-order valence-electron chi connectivity index (χ3n) is 4.05. The summed E-state index contributed by atoms with van der Waals surface area (Å²) in [5.74, 6) is -0.380. The Balaban J connectivity index is 1.98. The van der Waals surface area contributed by atoms with Crippen LogP contribution in [-0.2, 0) is 21.4 Å². The molecule has 1 N–H and O–H groups in total. The van der Waals surface area contributed by atoms with Gasteiger partial charge in [-0.25, -0.2) is 8.42 Å². The molecule has 26 heavy (non-hydrogen) atoms. The molecule has 0 bridgehead atoms. The van der Waals surface area contributed by atoms with Gasteiger partial charge >= 0.3 is 5.97 Å². The molecule has 0 saturated carbocycles. The zero-order chi connectivity index (χ0) is 18.9. The number of methoxy groups -OCH3 is 1. The van der Waals surface area contributed by atoms with E-state index >= 15 is 0 Å². The number of ether oxygens (including phenoxy) is 1. The van der Waals surface area contributed by atoms with Gasteiger partial charge in [-0.05, 0) is 35.9 Å². The maximum absolute atomic E-state index is 13.0. The topological polar surface area (TPSA) is 87.2 Å². The van der Waals surface area contributed by atoms with E-state index in [-0.39, 0.29) is 29.7 Å². The molecular weight excluding hydrogens is 380 g/mol. The largest absolute Gasteiger partial charge is 0.497 e. The summed E-state index contributed by atoms with van der Waals surface area (Å²) in [6.45, 7) is -0.271. The molecule has 138 valence electrons. The highest BCUT2D eigenvalue weighted by atomic mass is 35.5. The number of rotatable bonds is 5. The third kappa shape index (κ3) is 3.62. The molecule has 0 saturated heterocycles. The molecule has 1 heterocycles. The number of anilines is 1. The van der Waals surface area contributed by atoms with E-state index in [0.29, 0.717) is 11.4 Å². The third-order valence-corrected chi connectivity index (χ3v) is 6.10. The Morgan fingerprint density at radius 3 is 2.54 bits per heavy atom. The first-order valence-electron chi connectivity index (χ1n) is 7.70. The van der Waals surface area contributed by atoms with Gasteiger partial charge in [-0.2, -0.15) is 4.31 Å². The van der Waals surface area contributed by atoms with Crippen LogP contribution in [0.1, 0.15) is 5.56 Å². The molecule has 1 aliphatic rings. The van der Waals surface area contributed by atoms with Crippen molar-refractivity contribution in [1.29, 1.82) is 0 Å². The van der Waals surface area contributed by atoms with Crippen molar-refractivity contribution in [3.05, 3.63) is 53.1 Å². The van der Waals surface area contributed by atoms with Gasteiger partial charge in [0.15, 0.2) is 0 Å². The lowest BCUT2D eigenvalue weighted by molar-refractivity contribution is -0.135. The van der Waals surface area contributed by atoms with Crippen LogP contribution in [0, 0.1) is 0 Å². The van der Waals surface area contributed by atoms with Crippen molar-refractivity contribution < 1.29 is 23.1 Å². The minimum Gasteiger partial charge on any atom is -0.497 e. The van der Waals surface area contributed by atoms with Crippen molar-refractivity contribution in [3.8, 4) is 5.75 Å². The van der Waals surface area contributed by atoms with Crippen LogP contribution in [0.25, 0.3) is 0 Å². The molecule has 3 rings (SSSR count). The number of aliphatic carboxylic acids is 1. The minimum atomic E-state index is -3.80. The molecule has 0 radical (unpaired) electrons. The van der Waals surface area contributed by atoms with Crippen molar-refractivity contribution in [2.75, 3.05) is 25.2 Å². The highest BCUT2D eigenvalue weighted by Crippen LogP contribution is 2.35. The monoisotopic (exact) mass is 396 g/mol. The predicted octanol–water partition coefficient (Wildman–Crippen LogP) is 2.40. The second-order valence-corrected chi connectivity index (χ2v) is 8.15. The average molecular weight is 397 g/mol. The number of fused-ring (bicyclic) bond motifs is 1. The summed E-state index contributed by atoms with van der Waals surface area (Å²) in [6, 6.07) is 11.4. The Morgan fingerprint density at radius 2 is 1.92 bits per heavy atom. The van der Waals surface area contributed by atoms with E-state index < -0.39 is 16.0 Å². The minimum absolute atomic E-state index is 0.00557. The van der Waals surface area contributed by atoms with E-state index in [0.717, 1.165) is 5.56 Å². The summed E-state index contributed by atoms with van der Waals surface area (Å²) >= 11 is 5.97. The Labute approximate surface area is 156 Å². The number of sulfonamides is 1. The van der Waals surface area contributed by atoms with Gasteiger partial charge in [-0.15, -0.1) is 0 Å². The molecule has 0 fully saturated rings. The van der Waals surface area contributed by atoms with Gasteiger partial charge in [0.2, 0.25) is 10.0 Å². The van der Waals surface area contributed by atoms with Crippen LogP contribution in [0.15, 0.2) is 47.4 Å². The fraction of sp³-hybridized carbons (Fsp3) is 0.235. The number of carbonyl (C=O) groups is 1. The van der Waals surface area contributed by atoms with Crippen molar-refractivity contribution in [2.24, 2.45) is 0 Å². The van der Waals surface area contributed by atoms with Gasteiger partial charge in [0.1, 0.15) is 17.2 Å². The van der Waals surface area contributed by atoms with Crippen LogP contribution < -0.4 is 9.64 Å². The number of hydrogen-bond acceptors (Lipinski definition) is 5. The lowest BCUT2D eigenvalue weighted by Gasteiger charge is -2.36.